The van der Waals surface area contributed by atoms with Crippen LogP contribution in [-0.2, 0) is 4.79 Å². The number of fused-ring (bicyclic) bond motifs is 5. The zero-order valence-electron chi connectivity index (χ0n) is 14.3. The molecule has 0 aromatic rings. The van der Waals surface area contributed by atoms with Gasteiger partial charge in [-0.1, -0.05) is 19.0 Å². The van der Waals surface area contributed by atoms with Gasteiger partial charge in [0.2, 0.25) is 0 Å². The van der Waals surface area contributed by atoms with Gasteiger partial charge in [0.05, 0.1) is 6.10 Å². The van der Waals surface area contributed by atoms with Crippen molar-refractivity contribution in [3.05, 3.63) is 0 Å². The number of hydrogen-bond donors (Lipinski definition) is 2. The number of aliphatic hydroxyl groups excluding tert-OH is 1. The summed E-state index contributed by atoms with van der Waals surface area (Å²) in [7, 11) is 0. The Morgan fingerprint density at radius 1 is 1.09 bits per heavy atom. The molecule has 0 radical (unpaired) electrons. The number of Topliss-reactive ketones (excluding diaryl/α,β-unsaturated/α-hetero) is 1. The van der Waals surface area contributed by atoms with E-state index in [-0.39, 0.29) is 17.3 Å². The van der Waals surface area contributed by atoms with Crippen molar-refractivity contribution in [2.45, 2.75) is 71.3 Å². The van der Waals surface area contributed by atoms with E-state index in [0.717, 1.165) is 32.1 Å². The first-order valence-electron chi connectivity index (χ1n) is 9.34. The molecular formula is C19H29NO3. The highest BCUT2D eigenvalue weighted by Crippen LogP contribution is 2.65. The zero-order chi connectivity index (χ0) is 16.4. The van der Waals surface area contributed by atoms with Crippen LogP contribution >= 0.6 is 0 Å². The van der Waals surface area contributed by atoms with E-state index in [0.29, 0.717) is 41.2 Å². The lowest BCUT2D eigenvalue weighted by Crippen LogP contribution is -2.54. The molecular weight excluding hydrogens is 290 g/mol. The first-order valence-corrected chi connectivity index (χ1v) is 9.34. The van der Waals surface area contributed by atoms with Crippen LogP contribution in [0.3, 0.4) is 0 Å². The normalized spacial score (nSPS) is 54.5. The minimum Gasteiger partial charge on any atom is -0.411 e. The second-order valence-corrected chi connectivity index (χ2v) is 9.12. The standard InChI is InChI=1S/C19H29NO3/c1-18-7-5-12(21)9-11(18)3-4-13-14(18)6-8-19(2)15(13)10-16(20-23)17(19)22/h11-15,21,23H,3-10H2,1-2H3/b20-16+/t11-,12-,13+,14-,15-,18-,19-/m0/s1. The Morgan fingerprint density at radius 2 is 1.87 bits per heavy atom. The van der Waals surface area contributed by atoms with Crippen LogP contribution in [0.25, 0.3) is 0 Å². The highest BCUT2D eigenvalue weighted by molar-refractivity contribution is 6.43. The molecule has 0 amide bonds. The summed E-state index contributed by atoms with van der Waals surface area (Å²) in [6, 6.07) is 0. The van der Waals surface area contributed by atoms with Crippen LogP contribution in [0.5, 0.6) is 0 Å². The third-order valence-electron chi connectivity index (χ3n) is 8.34. The van der Waals surface area contributed by atoms with Crippen LogP contribution < -0.4 is 0 Å². The third-order valence-corrected chi connectivity index (χ3v) is 8.34. The number of oxime groups is 1. The van der Waals surface area contributed by atoms with Gasteiger partial charge in [-0.05, 0) is 74.0 Å². The molecule has 4 rings (SSSR count). The average Bonchev–Trinajstić information content (AvgIpc) is 2.79. The molecule has 4 aliphatic carbocycles. The van der Waals surface area contributed by atoms with Gasteiger partial charge in [-0.2, -0.15) is 0 Å². The molecule has 23 heavy (non-hydrogen) atoms. The maximum atomic E-state index is 12.6. The van der Waals surface area contributed by atoms with E-state index in [1.165, 1.54) is 12.8 Å². The average molecular weight is 319 g/mol. The van der Waals surface area contributed by atoms with Crippen molar-refractivity contribution in [3.8, 4) is 0 Å². The molecule has 0 aromatic heterocycles. The molecule has 4 fully saturated rings. The summed E-state index contributed by atoms with van der Waals surface area (Å²) in [6.45, 7) is 4.55. The first kappa shape index (κ1) is 15.6. The molecule has 4 heteroatoms. The van der Waals surface area contributed by atoms with Crippen molar-refractivity contribution in [1.29, 1.82) is 0 Å². The monoisotopic (exact) mass is 319 g/mol. The van der Waals surface area contributed by atoms with Crippen molar-refractivity contribution in [3.63, 3.8) is 0 Å². The number of carbonyl (C=O) groups is 1. The maximum absolute atomic E-state index is 12.6. The van der Waals surface area contributed by atoms with Crippen LogP contribution in [0.4, 0.5) is 0 Å². The van der Waals surface area contributed by atoms with E-state index in [1.54, 1.807) is 0 Å². The molecule has 0 saturated heterocycles. The van der Waals surface area contributed by atoms with Gasteiger partial charge >= 0.3 is 0 Å². The Morgan fingerprint density at radius 3 is 2.61 bits per heavy atom. The molecule has 0 spiro atoms. The van der Waals surface area contributed by atoms with Crippen LogP contribution in [0.15, 0.2) is 5.16 Å². The fraction of sp³-hybridized carbons (Fsp3) is 0.895. The van der Waals surface area contributed by atoms with Gasteiger partial charge < -0.3 is 10.3 Å². The minimum absolute atomic E-state index is 0.0924. The molecule has 0 bridgehead atoms. The number of aliphatic hydroxyl groups is 1. The molecule has 2 N–H and O–H groups in total. The summed E-state index contributed by atoms with van der Waals surface area (Å²) >= 11 is 0. The number of nitrogens with zero attached hydrogens (tertiary/aromatic N) is 1. The van der Waals surface area contributed by atoms with Crippen molar-refractivity contribution in [1.82, 2.24) is 0 Å². The summed E-state index contributed by atoms with van der Waals surface area (Å²) in [5, 5.41) is 22.6. The van der Waals surface area contributed by atoms with Crippen LogP contribution in [0.1, 0.15) is 65.2 Å². The smallest absolute Gasteiger partial charge is 0.186 e. The minimum atomic E-state index is -0.305. The van der Waals surface area contributed by atoms with Gasteiger partial charge in [-0.25, -0.2) is 0 Å². The maximum Gasteiger partial charge on any atom is 0.186 e. The molecule has 0 aromatic carbocycles. The largest absolute Gasteiger partial charge is 0.411 e. The number of ketones is 1. The van der Waals surface area contributed by atoms with Gasteiger partial charge in [0.25, 0.3) is 0 Å². The fourth-order valence-electron chi connectivity index (χ4n) is 6.93. The summed E-state index contributed by atoms with van der Waals surface area (Å²) < 4.78 is 0. The van der Waals surface area contributed by atoms with Gasteiger partial charge in [0.1, 0.15) is 5.71 Å². The second kappa shape index (κ2) is 5.05. The van der Waals surface area contributed by atoms with Gasteiger partial charge in [0, 0.05) is 11.8 Å². The molecule has 4 aliphatic rings. The van der Waals surface area contributed by atoms with Crippen molar-refractivity contribution < 1.29 is 15.1 Å². The summed E-state index contributed by atoms with van der Waals surface area (Å²) in [5.41, 5.74) is 0.427. The predicted octanol–water partition coefficient (Wildman–Crippen LogP) is 3.40. The van der Waals surface area contributed by atoms with Crippen LogP contribution in [0.2, 0.25) is 0 Å². The SMILES string of the molecule is C[C@]12CC[C@H](O)C[C@@H]1CC[C@@H]1[C@@H]2CC[C@]2(C)C(=O)/C(=N/O)C[C@@H]12. The molecule has 7 atom stereocenters. The first-order chi connectivity index (χ1) is 10.9. The van der Waals surface area contributed by atoms with E-state index in [4.69, 9.17) is 0 Å². The number of hydrogen-bond acceptors (Lipinski definition) is 4. The Labute approximate surface area is 138 Å². The van der Waals surface area contributed by atoms with Gasteiger partial charge in [-0.15, -0.1) is 0 Å². The lowest BCUT2D eigenvalue weighted by atomic mass is 9.45. The zero-order valence-corrected chi connectivity index (χ0v) is 14.3. The number of rotatable bonds is 0. The van der Waals surface area contributed by atoms with Gasteiger partial charge in [0.15, 0.2) is 5.78 Å². The predicted molar refractivity (Wildman–Crippen MR) is 87.3 cm³/mol. The molecule has 4 nitrogen and oxygen atoms in total. The van der Waals surface area contributed by atoms with E-state index in [1.807, 2.05) is 0 Å². The van der Waals surface area contributed by atoms with Crippen molar-refractivity contribution in [2.75, 3.05) is 0 Å². The molecule has 128 valence electrons. The fourth-order valence-corrected chi connectivity index (χ4v) is 6.93. The summed E-state index contributed by atoms with van der Waals surface area (Å²) in [4.78, 5) is 12.6. The lowest BCUT2D eigenvalue weighted by Gasteiger charge is -2.59. The van der Waals surface area contributed by atoms with E-state index in [9.17, 15) is 15.1 Å². The van der Waals surface area contributed by atoms with Crippen LogP contribution in [-0.4, -0.2) is 27.9 Å². The Hall–Kier alpha value is -0.900. The van der Waals surface area contributed by atoms with Crippen LogP contribution in [0, 0.1) is 34.5 Å². The highest BCUT2D eigenvalue weighted by Gasteiger charge is 2.61. The Balaban J connectivity index is 1.66. The second-order valence-electron chi connectivity index (χ2n) is 9.12. The third kappa shape index (κ3) is 2.00. The van der Waals surface area contributed by atoms with Crippen molar-refractivity contribution in [2.24, 2.45) is 39.7 Å². The van der Waals surface area contributed by atoms with E-state index >= 15 is 0 Å². The van der Waals surface area contributed by atoms with E-state index in [2.05, 4.69) is 19.0 Å². The molecule has 0 aliphatic heterocycles. The Bertz CT molecular complexity index is 559. The quantitative estimate of drug-likeness (QED) is 0.531. The molecule has 0 unspecified atom stereocenters. The van der Waals surface area contributed by atoms with Gasteiger partial charge in [-0.3, -0.25) is 4.79 Å². The highest BCUT2D eigenvalue weighted by atomic mass is 16.4. The summed E-state index contributed by atoms with van der Waals surface area (Å²) in [5.74, 6) is 2.32. The number of carbonyl (C=O) groups excluding carboxylic acids is 1. The summed E-state index contributed by atoms with van der Waals surface area (Å²) in [6.07, 6.45) is 7.97. The Kier molecular flexibility index (Phi) is 3.43. The topological polar surface area (TPSA) is 69.9 Å². The van der Waals surface area contributed by atoms with E-state index < -0.39 is 0 Å². The lowest BCUT2D eigenvalue weighted by molar-refractivity contribution is -0.141. The molecule has 4 saturated carbocycles. The molecule has 0 heterocycles. The van der Waals surface area contributed by atoms with Crippen molar-refractivity contribution >= 4 is 11.5 Å².